The number of carbonyl (C=O) groups excluding carboxylic acids is 1. The van der Waals surface area contributed by atoms with Gasteiger partial charge in [0, 0.05) is 0 Å². The second-order valence-corrected chi connectivity index (χ2v) is 4.13. The van der Waals surface area contributed by atoms with Crippen LogP contribution in [-0.4, -0.2) is 36.6 Å². The molecule has 0 saturated carbocycles. The fourth-order valence-corrected chi connectivity index (χ4v) is 1.58. The average molecular weight is 288 g/mol. The third-order valence-electron chi connectivity index (χ3n) is 1.85. The molecule has 1 rings (SSSR count). The van der Waals surface area contributed by atoms with Gasteiger partial charge >= 0.3 is 17.3 Å². The van der Waals surface area contributed by atoms with Crippen molar-refractivity contribution in [3.05, 3.63) is 30.3 Å². The minimum atomic E-state index is -1.98. The van der Waals surface area contributed by atoms with Crippen LogP contribution in [0.15, 0.2) is 30.3 Å². The van der Waals surface area contributed by atoms with E-state index in [9.17, 15) is 9.00 Å². The second kappa shape index (κ2) is 9.48. The molecule has 1 atom stereocenters. The Balaban J connectivity index is 2.06. The highest BCUT2D eigenvalue weighted by molar-refractivity contribution is 7.75. The average Bonchev–Trinajstić information content (AvgIpc) is 2.43. The fraction of sp³-hybridized carbons (Fsp3) is 0.417. The minimum Gasteiger partial charge on any atom is -0.491 e. The van der Waals surface area contributed by atoms with Gasteiger partial charge in [-0.1, -0.05) is 18.2 Å². The van der Waals surface area contributed by atoms with Crippen molar-refractivity contribution in [2.24, 2.45) is 0 Å². The molecule has 1 aromatic rings. The maximum atomic E-state index is 11.2. The van der Waals surface area contributed by atoms with Crippen molar-refractivity contribution >= 4 is 17.3 Å². The molecule has 106 valence electrons. The lowest BCUT2D eigenvalue weighted by Gasteiger charge is -2.06. The third-order valence-corrected chi connectivity index (χ3v) is 2.52. The Hall–Kier alpha value is -1.44. The molecule has 0 bridgehead atoms. The van der Waals surface area contributed by atoms with E-state index in [1.54, 1.807) is 19.1 Å². The van der Waals surface area contributed by atoms with Crippen LogP contribution in [-0.2, 0) is 29.3 Å². The third kappa shape index (κ3) is 7.55. The summed E-state index contributed by atoms with van der Waals surface area (Å²) >= 11 is -1.98. The van der Waals surface area contributed by atoms with Crippen LogP contribution in [0.1, 0.15) is 6.92 Å². The maximum Gasteiger partial charge on any atom is 0.333 e. The van der Waals surface area contributed by atoms with E-state index >= 15 is 0 Å². The van der Waals surface area contributed by atoms with Crippen LogP contribution >= 0.6 is 0 Å². The summed E-state index contributed by atoms with van der Waals surface area (Å²) in [6.07, 6.45) is 0. The first-order valence-electron chi connectivity index (χ1n) is 5.74. The van der Waals surface area contributed by atoms with Gasteiger partial charge < -0.3 is 9.47 Å². The number of hydrogen-bond donors (Lipinski definition) is 0. The Bertz CT molecular complexity index is 394. The van der Waals surface area contributed by atoms with Gasteiger partial charge in [-0.25, -0.2) is 4.79 Å². The molecule has 19 heavy (non-hydrogen) atoms. The Labute approximate surface area is 114 Å². The molecule has 0 fully saturated rings. The normalized spacial score (nSPS) is 11.8. The molecule has 0 amide bonds. The van der Waals surface area contributed by atoms with Crippen LogP contribution in [0.5, 0.6) is 5.75 Å². The minimum absolute atomic E-state index is 0.0876. The lowest BCUT2D eigenvalue weighted by molar-refractivity contribution is -0.145. The summed E-state index contributed by atoms with van der Waals surface area (Å²) in [5.74, 6) is 0.115. The van der Waals surface area contributed by atoms with Gasteiger partial charge in [0.25, 0.3) is 0 Å². The lowest BCUT2D eigenvalue weighted by atomic mass is 10.3. The predicted molar refractivity (Wildman–Crippen MR) is 68.6 cm³/mol. The fourth-order valence-electron chi connectivity index (χ4n) is 1.11. The van der Waals surface area contributed by atoms with Crippen molar-refractivity contribution in [2.45, 2.75) is 6.92 Å². The zero-order valence-corrected chi connectivity index (χ0v) is 11.4. The monoisotopic (exact) mass is 288 g/mol. The van der Waals surface area contributed by atoms with E-state index in [2.05, 4.69) is 8.92 Å². The van der Waals surface area contributed by atoms with E-state index in [0.717, 1.165) is 0 Å². The molecule has 0 N–H and O–H groups in total. The molecule has 1 aromatic carbocycles. The van der Waals surface area contributed by atoms with Crippen molar-refractivity contribution in [1.82, 2.24) is 0 Å². The van der Waals surface area contributed by atoms with Gasteiger partial charge in [0.1, 0.15) is 19.0 Å². The van der Waals surface area contributed by atoms with Crippen LogP contribution in [0.25, 0.3) is 0 Å². The first-order valence-corrected chi connectivity index (χ1v) is 6.74. The Kier molecular flexibility index (Phi) is 7.80. The van der Waals surface area contributed by atoms with Gasteiger partial charge in [-0.15, -0.1) is 0 Å². The van der Waals surface area contributed by atoms with E-state index in [1.165, 1.54) is 0 Å². The molecule has 0 aliphatic carbocycles. The topological polar surface area (TPSA) is 71.1 Å². The summed E-state index contributed by atoms with van der Waals surface area (Å²) in [5.41, 5.74) is 0. The van der Waals surface area contributed by atoms with E-state index < -0.39 is 23.9 Å². The Morgan fingerprint density at radius 1 is 1.16 bits per heavy atom. The Morgan fingerprint density at radius 3 is 2.58 bits per heavy atom. The number of carbonyl (C=O) groups is 1. The van der Waals surface area contributed by atoms with E-state index in [4.69, 9.17) is 8.92 Å². The summed E-state index contributed by atoms with van der Waals surface area (Å²) in [7, 11) is 0. The highest BCUT2D eigenvalue weighted by atomic mass is 32.2. The van der Waals surface area contributed by atoms with Crippen molar-refractivity contribution in [1.29, 1.82) is 0 Å². The van der Waals surface area contributed by atoms with Crippen LogP contribution in [0.2, 0.25) is 0 Å². The van der Waals surface area contributed by atoms with E-state index in [0.29, 0.717) is 5.75 Å². The summed E-state index contributed by atoms with van der Waals surface area (Å²) in [5, 5.41) is 0. The van der Waals surface area contributed by atoms with E-state index in [-0.39, 0.29) is 19.8 Å². The first kappa shape index (κ1) is 15.6. The largest absolute Gasteiger partial charge is 0.491 e. The summed E-state index contributed by atoms with van der Waals surface area (Å²) < 4.78 is 30.5. The number of hydrogen-bond acceptors (Lipinski definition) is 6. The zero-order chi connectivity index (χ0) is 13.9. The molecule has 0 aromatic heterocycles. The highest BCUT2D eigenvalue weighted by Crippen LogP contribution is 2.07. The molecule has 0 aliphatic rings. The molecule has 0 radical (unpaired) electrons. The second-order valence-electron chi connectivity index (χ2n) is 3.25. The van der Waals surface area contributed by atoms with Crippen LogP contribution in [0, 0.1) is 0 Å². The summed E-state index contributed by atoms with van der Waals surface area (Å²) in [6, 6.07) is 9.16. The van der Waals surface area contributed by atoms with Crippen LogP contribution in [0.4, 0.5) is 0 Å². The number of para-hydroxylation sites is 1. The van der Waals surface area contributed by atoms with Gasteiger partial charge in [-0.2, -0.15) is 4.21 Å². The molecule has 0 saturated heterocycles. The van der Waals surface area contributed by atoms with Crippen molar-refractivity contribution in [3.8, 4) is 5.75 Å². The molecule has 7 heteroatoms. The molecular weight excluding hydrogens is 272 g/mol. The Morgan fingerprint density at radius 2 is 1.89 bits per heavy atom. The standard InChI is InChI=1S/C12H16O6S/c1-2-15-12(13)10-18-19(14)17-9-8-16-11-6-4-3-5-7-11/h3-7H,2,8-10H2,1H3. The van der Waals surface area contributed by atoms with Crippen molar-refractivity contribution in [3.63, 3.8) is 0 Å². The molecule has 0 spiro atoms. The SMILES string of the molecule is CCOC(=O)COS(=O)OCCOc1ccccc1. The molecule has 0 heterocycles. The van der Waals surface area contributed by atoms with Gasteiger partial charge in [-0.3, -0.25) is 8.37 Å². The summed E-state index contributed by atoms with van der Waals surface area (Å²) in [6.45, 7) is 1.84. The molecule has 1 unspecified atom stereocenters. The van der Waals surface area contributed by atoms with Gasteiger partial charge in [0.2, 0.25) is 0 Å². The maximum absolute atomic E-state index is 11.2. The van der Waals surface area contributed by atoms with Gasteiger partial charge in [0.15, 0.2) is 6.61 Å². The number of ether oxygens (including phenoxy) is 2. The lowest BCUT2D eigenvalue weighted by Crippen LogP contribution is -2.16. The molecule has 6 nitrogen and oxygen atoms in total. The van der Waals surface area contributed by atoms with Gasteiger partial charge in [0.05, 0.1) is 6.61 Å². The quantitative estimate of drug-likeness (QED) is 0.503. The highest BCUT2D eigenvalue weighted by Gasteiger charge is 2.07. The van der Waals surface area contributed by atoms with Crippen LogP contribution < -0.4 is 4.74 Å². The molecular formula is C12H16O6S. The molecule has 0 aliphatic heterocycles. The van der Waals surface area contributed by atoms with Gasteiger partial charge in [-0.05, 0) is 19.1 Å². The smallest absolute Gasteiger partial charge is 0.333 e. The number of benzene rings is 1. The predicted octanol–water partition coefficient (Wildman–Crippen LogP) is 1.24. The number of rotatable bonds is 9. The number of esters is 1. The van der Waals surface area contributed by atoms with Crippen molar-refractivity contribution < 1.29 is 26.8 Å². The van der Waals surface area contributed by atoms with Crippen molar-refractivity contribution in [2.75, 3.05) is 26.4 Å². The zero-order valence-electron chi connectivity index (χ0n) is 10.6. The van der Waals surface area contributed by atoms with Crippen LogP contribution in [0.3, 0.4) is 0 Å². The summed E-state index contributed by atoms with van der Waals surface area (Å²) in [4.78, 5) is 10.9. The van der Waals surface area contributed by atoms with E-state index in [1.807, 2.05) is 18.2 Å². The first-order chi connectivity index (χ1) is 9.22.